The minimum Gasteiger partial charge on any atom is -0.497 e. The molecule has 4 heteroatoms. The summed E-state index contributed by atoms with van der Waals surface area (Å²) in [4.78, 5) is 8.72. The van der Waals surface area contributed by atoms with E-state index in [1.807, 2.05) is 17.2 Å². The molecule has 2 aliphatic heterocycles. The van der Waals surface area contributed by atoms with Crippen molar-refractivity contribution < 1.29 is 9.57 Å². The molecule has 0 N–H and O–H groups in total. The van der Waals surface area contributed by atoms with Gasteiger partial charge in [-0.15, -0.1) is 0 Å². The number of nitrogens with zero attached hydrogens (tertiary/aromatic N) is 2. The minimum atomic E-state index is 0.248. The molecule has 2 aromatic rings. The van der Waals surface area contributed by atoms with Crippen LogP contribution in [0.4, 0.5) is 5.69 Å². The largest absolute Gasteiger partial charge is 0.497 e. The molecule has 32 heavy (non-hydrogen) atoms. The van der Waals surface area contributed by atoms with E-state index in [0.717, 1.165) is 36.4 Å². The van der Waals surface area contributed by atoms with Crippen molar-refractivity contribution in [1.29, 1.82) is 0 Å². The minimum absolute atomic E-state index is 0.248. The molecule has 0 amide bonds. The Labute approximate surface area is 192 Å². The Morgan fingerprint density at radius 3 is 2.53 bits per heavy atom. The summed E-state index contributed by atoms with van der Waals surface area (Å²) in [5.74, 6) is 1.57. The van der Waals surface area contributed by atoms with E-state index in [0.29, 0.717) is 12.5 Å². The topological polar surface area (TPSA) is 24.9 Å². The summed E-state index contributed by atoms with van der Waals surface area (Å²) in [6.45, 7) is 8.28. The summed E-state index contributed by atoms with van der Waals surface area (Å²) in [6.07, 6.45) is 11.0. The highest BCUT2D eigenvalue weighted by atomic mass is 16.7. The number of fused-ring (bicyclic) bond motifs is 3. The summed E-state index contributed by atoms with van der Waals surface area (Å²) < 4.78 is 5.30. The van der Waals surface area contributed by atoms with E-state index in [9.17, 15) is 0 Å². The van der Waals surface area contributed by atoms with Gasteiger partial charge in [0.25, 0.3) is 0 Å². The summed E-state index contributed by atoms with van der Waals surface area (Å²) in [5.41, 5.74) is 6.21. The van der Waals surface area contributed by atoms with Gasteiger partial charge in [0, 0.05) is 24.4 Å². The number of anilines is 1. The second kappa shape index (κ2) is 10.1. The van der Waals surface area contributed by atoms with Gasteiger partial charge in [0.15, 0.2) is 0 Å². The zero-order chi connectivity index (χ0) is 22.5. The summed E-state index contributed by atoms with van der Waals surface area (Å²) in [7, 11) is 1.69. The summed E-state index contributed by atoms with van der Waals surface area (Å²) >= 11 is 0. The molecule has 2 aliphatic rings. The zero-order valence-electron chi connectivity index (χ0n) is 19.6. The number of unbranched alkanes of at least 4 members (excludes halogenated alkanes) is 1. The van der Waals surface area contributed by atoms with E-state index in [1.165, 1.54) is 16.9 Å². The van der Waals surface area contributed by atoms with Crippen LogP contribution in [0.15, 0.2) is 78.3 Å². The predicted molar refractivity (Wildman–Crippen MR) is 132 cm³/mol. The first-order chi connectivity index (χ1) is 15.6. The zero-order valence-corrected chi connectivity index (χ0v) is 19.6. The highest BCUT2D eigenvalue weighted by Crippen LogP contribution is 2.48. The van der Waals surface area contributed by atoms with Crippen molar-refractivity contribution in [3.8, 4) is 5.75 Å². The number of para-hydroxylation sites is 1. The van der Waals surface area contributed by atoms with Crippen molar-refractivity contribution in [3.05, 3.63) is 89.4 Å². The van der Waals surface area contributed by atoms with E-state index >= 15 is 0 Å². The normalized spacial score (nSPS) is 17.5. The Kier molecular flexibility index (Phi) is 7.01. The average molecular weight is 431 g/mol. The molecule has 4 nitrogen and oxygen atoms in total. The number of methoxy groups -OCH3 is 1. The van der Waals surface area contributed by atoms with Crippen LogP contribution >= 0.6 is 0 Å². The molecule has 168 valence electrons. The molecule has 0 aliphatic carbocycles. The van der Waals surface area contributed by atoms with Crippen LogP contribution in [0.2, 0.25) is 0 Å². The van der Waals surface area contributed by atoms with Gasteiger partial charge < -0.3 is 9.64 Å². The van der Waals surface area contributed by atoms with Crippen molar-refractivity contribution in [3.63, 3.8) is 0 Å². The van der Waals surface area contributed by atoms with Gasteiger partial charge in [-0.2, -0.15) is 0 Å². The summed E-state index contributed by atoms with van der Waals surface area (Å²) in [6, 6.07) is 16.9. The fraction of sp³-hybridized carbons (Fsp3) is 0.357. The van der Waals surface area contributed by atoms with Gasteiger partial charge in [-0.3, -0.25) is 4.84 Å². The Balaban J connectivity index is 1.75. The van der Waals surface area contributed by atoms with E-state index in [2.05, 4.69) is 86.5 Å². The van der Waals surface area contributed by atoms with Gasteiger partial charge in [0.2, 0.25) is 0 Å². The maximum Gasteiger partial charge on any atom is 0.118 e. The average Bonchev–Trinajstić information content (AvgIpc) is 3.14. The van der Waals surface area contributed by atoms with Gasteiger partial charge in [0.1, 0.15) is 5.75 Å². The highest BCUT2D eigenvalue weighted by molar-refractivity contribution is 5.72. The molecule has 0 aromatic heterocycles. The number of hydroxylamine groups is 2. The molecule has 0 spiro atoms. The van der Waals surface area contributed by atoms with Crippen molar-refractivity contribution in [2.45, 2.75) is 39.5 Å². The second-order valence-electron chi connectivity index (χ2n) is 8.78. The van der Waals surface area contributed by atoms with Crippen LogP contribution in [0, 0.1) is 5.92 Å². The Morgan fingerprint density at radius 1 is 1.03 bits per heavy atom. The van der Waals surface area contributed by atoms with Gasteiger partial charge in [-0.25, -0.2) is 5.06 Å². The van der Waals surface area contributed by atoms with Gasteiger partial charge in [-0.05, 0) is 47.7 Å². The third-order valence-electron chi connectivity index (χ3n) is 5.89. The number of ether oxygens (including phenoxy) is 1. The SMILES string of the molecule is CCCCN1C2=C(/C=C/c3ccc(OC)cc3)N(OCC(C)C)C=CC2c2ccccc21. The lowest BCUT2D eigenvalue weighted by Crippen LogP contribution is -2.30. The van der Waals surface area contributed by atoms with E-state index in [1.54, 1.807) is 7.11 Å². The lowest BCUT2D eigenvalue weighted by Gasteiger charge is -2.32. The number of hydrogen-bond acceptors (Lipinski definition) is 4. The van der Waals surface area contributed by atoms with E-state index < -0.39 is 0 Å². The monoisotopic (exact) mass is 430 g/mol. The number of rotatable bonds is 9. The van der Waals surface area contributed by atoms with Crippen LogP contribution in [0.5, 0.6) is 5.75 Å². The molecule has 1 unspecified atom stereocenters. The fourth-order valence-electron chi connectivity index (χ4n) is 4.24. The molecule has 4 rings (SSSR count). The molecule has 2 heterocycles. The highest BCUT2D eigenvalue weighted by Gasteiger charge is 2.37. The smallest absolute Gasteiger partial charge is 0.118 e. The van der Waals surface area contributed by atoms with Crippen LogP contribution < -0.4 is 9.64 Å². The quantitative estimate of drug-likeness (QED) is 0.440. The lowest BCUT2D eigenvalue weighted by molar-refractivity contribution is -0.102. The Bertz CT molecular complexity index is 1000. The number of allylic oxidation sites excluding steroid dienone is 2. The molecule has 2 aromatic carbocycles. The molecule has 0 fully saturated rings. The predicted octanol–water partition coefficient (Wildman–Crippen LogP) is 6.74. The Hall–Kier alpha value is -2.98. The van der Waals surface area contributed by atoms with Crippen LogP contribution in [-0.4, -0.2) is 25.3 Å². The molecule has 0 saturated carbocycles. The maximum absolute atomic E-state index is 6.23. The first-order valence-corrected chi connectivity index (χ1v) is 11.7. The summed E-state index contributed by atoms with van der Waals surface area (Å²) in [5, 5.41) is 1.96. The van der Waals surface area contributed by atoms with Crippen LogP contribution in [0.3, 0.4) is 0 Å². The Morgan fingerprint density at radius 2 is 1.81 bits per heavy atom. The first kappa shape index (κ1) is 22.2. The van der Waals surface area contributed by atoms with Crippen LogP contribution in [0.25, 0.3) is 6.08 Å². The molecule has 0 radical (unpaired) electrons. The molecule has 0 bridgehead atoms. The van der Waals surface area contributed by atoms with Crippen LogP contribution in [0.1, 0.15) is 50.7 Å². The van der Waals surface area contributed by atoms with Gasteiger partial charge >= 0.3 is 0 Å². The maximum atomic E-state index is 6.23. The van der Waals surface area contributed by atoms with E-state index in [4.69, 9.17) is 9.57 Å². The van der Waals surface area contributed by atoms with Crippen molar-refractivity contribution in [1.82, 2.24) is 5.06 Å². The van der Waals surface area contributed by atoms with Crippen molar-refractivity contribution in [2.24, 2.45) is 5.92 Å². The van der Waals surface area contributed by atoms with Gasteiger partial charge in [0.05, 0.1) is 25.1 Å². The van der Waals surface area contributed by atoms with Crippen molar-refractivity contribution >= 4 is 11.8 Å². The van der Waals surface area contributed by atoms with Crippen molar-refractivity contribution in [2.75, 3.05) is 25.2 Å². The van der Waals surface area contributed by atoms with Gasteiger partial charge in [-0.1, -0.05) is 69.7 Å². The van der Waals surface area contributed by atoms with E-state index in [-0.39, 0.29) is 5.92 Å². The standard InChI is InChI=1S/C28H34N2O2/c1-5-6-18-29-26-10-8-7-9-24(26)25-17-19-30(32-20-21(2)3)27(28(25)29)16-13-22-11-14-23(31-4)15-12-22/h7-17,19,21,25H,5-6,18,20H2,1-4H3/b16-13+. The lowest BCUT2D eigenvalue weighted by atomic mass is 9.95. The third-order valence-corrected chi connectivity index (χ3v) is 5.89. The first-order valence-electron chi connectivity index (χ1n) is 11.7. The number of hydrogen-bond donors (Lipinski definition) is 0. The molecular formula is C28H34N2O2. The molecular weight excluding hydrogens is 396 g/mol. The molecule has 0 saturated heterocycles. The fourth-order valence-corrected chi connectivity index (χ4v) is 4.24. The third kappa shape index (κ3) is 4.61. The molecule has 1 atom stereocenters. The number of benzene rings is 2. The second-order valence-corrected chi connectivity index (χ2v) is 8.78. The van der Waals surface area contributed by atoms with Crippen LogP contribution in [-0.2, 0) is 4.84 Å².